The molecule has 0 spiro atoms. The van der Waals surface area contributed by atoms with Gasteiger partial charge in [-0.1, -0.05) is 30.4 Å². The number of aromatic nitrogens is 5. The van der Waals surface area contributed by atoms with Crippen LogP contribution >= 0.6 is 0 Å². The number of nitrogens with one attached hydrogen (secondary N) is 2. The third-order valence-electron chi connectivity index (χ3n) is 6.61. The normalized spacial score (nSPS) is 16.2. The number of hydrogen-bond donors (Lipinski definition) is 3. The van der Waals surface area contributed by atoms with E-state index in [-0.39, 0.29) is 18.3 Å². The molecule has 1 aliphatic rings. The zero-order valence-electron chi connectivity index (χ0n) is 25.0. The van der Waals surface area contributed by atoms with E-state index in [1.165, 1.54) is 4.90 Å². The van der Waals surface area contributed by atoms with Gasteiger partial charge in [0.1, 0.15) is 11.6 Å². The molecule has 4 rings (SSSR count). The molecule has 0 fully saturated rings. The number of nitrogens with zero attached hydrogens (tertiary/aromatic N) is 7. The molecule has 3 N–H and O–H groups in total. The third kappa shape index (κ3) is 9.19. The highest BCUT2D eigenvalue weighted by atomic mass is 16.6. The van der Waals surface area contributed by atoms with Crippen molar-refractivity contribution in [3.63, 3.8) is 0 Å². The van der Waals surface area contributed by atoms with Crippen LogP contribution in [-0.2, 0) is 27.4 Å². The Morgan fingerprint density at radius 1 is 1.02 bits per heavy atom. The highest BCUT2D eigenvalue weighted by Crippen LogP contribution is 2.30. The Bertz CT molecular complexity index is 1400. The van der Waals surface area contributed by atoms with E-state index in [9.17, 15) is 14.7 Å². The number of carboxylic acids is 1. The van der Waals surface area contributed by atoms with Crippen LogP contribution in [0.3, 0.4) is 0 Å². The average Bonchev–Trinajstić information content (AvgIpc) is 3.02. The van der Waals surface area contributed by atoms with E-state index in [1.807, 2.05) is 41.3 Å². The van der Waals surface area contributed by atoms with E-state index >= 15 is 0 Å². The predicted molar refractivity (Wildman–Crippen MR) is 164 cm³/mol. The minimum Gasteiger partial charge on any atom is -0.480 e. The van der Waals surface area contributed by atoms with Crippen LogP contribution in [0.4, 0.5) is 22.6 Å². The van der Waals surface area contributed by atoms with Gasteiger partial charge < -0.3 is 35.0 Å². The van der Waals surface area contributed by atoms with Gasteiger partial charge in [-0.05, 0) is 29.3 Å². The molecule has 0 radical (unpaired) electrons. The Labute approximate surface area is 255 Å². The molecule has 3 heterocycles. The van der Waals surface area contributed by atoms with Crippen LogP contribution in [0, 0.1) is 0 Å². The fourth-order valence-corrected chi connectivity index (χ4v) is 4.42. The lowest BCUT2D eigenvalue weighted by Gasteiger charge is -2.34. The second-order valence-electron chi connectivity index (χ2n) is 10.3. The molecule has 232 valence electrons. The first-order valence-corrected chi connectivity index (χ1v) is 14.0. The molecular weight excluding hydrogens is 566 g/mol. The second kappa shape index (κ2) is 15.4. The number of carbonyl (C=O) groups excluding carboxylic acids is 1. The van der Waals surface area contributed by atoms with Crippen molar-refractivity contribution in [3.05, 3.63) is 84.5 Å². The first kappa shape index (κ1) is 31.8. The average molecular weight is 604 g/mol. The largest absolute Gasteiger partial charge is 0.480 e. The van der Waals surface area contributed by atoms with Crippen LogP contribution in [0.1, 0.15) is 24.0 Å². The number of rotatable bonds is 15. The van der Waals surface area contributed by atoms with Gasteiger partial charge >= 0.3 is 12.1 Å². The summed E-state index contributed by atoms with van der Waals surface area (Å²) in [6.07, 6.45) is 13.7. The molecule has 14 nitrogen and oxygen atoms in total. The predicted octanol–water partition coefficient (Wildman–Crippen LogP) is 3.14. The molecule has 3 aromatic heterocycles. The fraction of sp³-hybridized carbons (Fsp3) is 0.367. The Hall–Kier alpha value is -5.11. The van der Waals surface area contributed by atoms with E-state index in [0.717, 1.165) is 11.1 Å². The van der Waals surface area contributed by atoms with Crippen molar-refractivity contribution < 1.29 is 24.2 Å². The highest BCUT2D eigenvalue weighted by molar-refractivity contribution is 5.77. The highest BCUT2D eigenvalue weighted by Gasteiger charge is 2.38. The zero-order valence-corrected chi connectivity index (χ0v) is 25.0. The summed E-state index contributed by atoms with van der Waals surface area (Å²) in [5.41, 5.74) is 0.657. The molecule has 3 aromatic rings. The maximum atomic E-state index is 12.6. The van der Waals surface area contributed by atoms with Crippen LogP contribution in [0.25, 0.3) is 0 Å². The molecule has 1 aliphatic carbocycles. The second-order valence-corrected chi connectivity index (χ2v) is 10.3. The van der Waals surface area contributed by atoms with Gasteiger partial charge in [-0.25, -0.2) is 9.59 Å². The molecule has 2 atom stereocenters. The molecule has 14 heteroatoms. The monoisotopic (exact) mass is 603 g/mol. The molecule has 0 saturated carbocycles. The maximum absolute atomic E-state index is 12.6. The first-order valence-electron chi connectivity index (χ1n) is 14.0. The van der Waals surface area contributed by atoms with E-state index < -0.39 is 23.7 Å². The lowest BCUT2D eigenvalue weighted by molar-refractivity contribution is -0.139. The summed E-state index contributed by atoms with van der Waals surface area (Å²) in [6.45, 7) is 1.63. The van der Waals surface area contributed by atoms with Crippen molar-refractivity contribution >= 4 is 29.9 Å². The number of anilines is 3. The zero-order chi connectivity index (χ0) is 31.4. The summed E-state index contributed by atoms with van der Waals surface area (Å²) in [4.78, 5) is 50.5. The van der Waals surface area contributed by atoms with E-state index in [2.05, 4.69) is 35.6 Å². The van der Waals surface area contributed by atoms with Gasteiger partial charge in [0.15, 0.2) is 0 Å². The van der Waals surface area contributed by atoms with Crippen LogP contribution in [0.2, 0.25) is 0 Å². The van der Waals surface area contributed by atoms with Crippen LogP contribution in [0.15, 0.2) is 73.4 Å². The number of hydrogen-bond acceptors (Lipinski definition) is 12. The summed E-state index contributed by atoms with van der Waals surface area (Å²) in [7, 11) is 4.72. The molecule has 0 aliphatic heterocycles. The topological polar surface area (TPSA) is 168 Å². The summed E-state index contributed by atoms with van der Waals surface area (Å²) >= 11 is 0. The smallest absolute Gasteiger partial charge is 0.410 e. The number of amides is 1. The lowest BCUT2D eigenvalue weighted by atomic mass is 9.88. The molecule has 1 unspecified atom stereocenters. The van der Waals surface area contributed by atoms with Crippen LogP contribution in [-0.4, -0.2) is 93.0 Å². The molecule has 0 aromatic carbocycles. The number of carbonyl (C=O) groups is 2. The van der Waals surface area contributed by atoms with Crippen LogP contribution in [0.5, 0.6) is 0 Å². The number of ether oxygens (including phenoxy) is 2. The van der Waals surface area contributed by atoms with Crippen molar-refractivity contribution in [3.8, 4) is 0 Å². The van der Waals surface area contributed by atoms with E-state index in [0.29, 0.717) is 38.6 Å². The Morgan fingerprint density at radius 3 is 2.25 bits per heavy atom. The molecule has 0 saturated heterocycles. The SMILES string of the molecule is COCCNc1nc(N[C@@H](CC2(OC(=O)N(C)C)C=CC=CC2)C(=O)O)nc(N(Cc2cccnc2)Cc2cccnc2)n1. The lowest BCUT2D eigenvalue weighted by Crippen LogP contribution is -2.44. The van der Waals surface area contributed by atoms with E-state index in [4.69, 9.17) is 9.47 Å². The van der Waals surface area contributed by atoms with Gasteiger partial charge in [0.2, 0.25) is 17.8 Å². The van der Waals surface area contributed by atoms with Gasteiger partial charge in [0.05, 0.1) is 6.61 Å². The summed E-state index contributed by atoms with van der Waals surface area (Å²) in [5.74, 6) is -0.593. The molecule has 0 bridgehead atoms. The number of methoxy groups -OCH3 is 1. The van der Waals surface area contributed by atoms with Crippen LogP contribution < -0.4 is 15.5 Å². The van der Waals surface area contributed by atoms with Crippen molar-refractivity contribution in [2.45, 2.75) is 37.6 Å². The van der Waals surface area contributed by atoms with Gasteiger partial charge in [-0.3, -0.25) is 9.97 Å². The van der Waals surface area contributed by atoms with Crippen molar-refractivity contribution in [2.75, 3.05) is 49.9 Å². The third-order valence-corrected chi connectivity index (χ3v) is 6.61. The maximum Gasteiger partial charge on any atom is 0.410 e. The molecule has 44 heavy (non-hydrogen) atoms. The Morgan fingerprint density at radius 2 is 1.70 bits per heavy atom. The summed E-state index contributed by atoms with van der Waals surface area (Å²) in [6, 6.07) is 6.38. The quantitative estimate of drug-likeness (QED) is 0.217. The molecular formula is C30H37N9O5. The minimum absolute atomic E-state index is 0.0362. The van der Waals surface area contributed by atoms with Gasteiger partial charge in [-0.2, -0.15) is 15.0 Å². The first-order chi connectivity index (χ1) is 21.3. The summed E-state index contributed by atoms with van der Waals surface area (Å²) in [5, 5.41) is 16.3. The fourth-order valence-electron chi connectivity index (χ4n) is 4.42. The summed E-state index contributed by atoms with van der Waals surface area (Å²) < 4.78 is 11.0. The Kier molecular flexibility index (Phi) is 11.1. The number of allylic oxidation sites excluding steroid dienone is 2. The molecule has 1 amide bonds. The van der Waals surface area contributed by atoms with Gasteiger partial charge in [0, 0.05) is 78.5 Å². The van der Waals surface area contributed by atoms with Crippen molar-refractivity contribution in [1.29, 1.82) is 0 Å². The van der Waals surface area contributed by atoms with Gasteiger partial charge in [-0.15, -0.1) is 0 Å². The number of aliphatic carboxylic acids is 1. The van der Waals surface area contributed by atoms with Crippen molar-refractivity contribution in [2.24, 2.45) is 0 Å². The van der Waals surface area contributed by atoms with Crippen molar-refractivity contribution in [1.82, 2.24) is 29.8 Å². The minimum atomic E-state index is -1.21. The number of carboxylic acid groups (broad SMARTS) is 1. The standard InChI is InChI=1S/C30H37N9O5/c1-38(2)29(42)44-30(11-5-4-6-12-30)17-24(25(40)41)34-27-35-26(33-15-16-43-3)36-28(37-27)39(20-22-9-7-13-31-18-22)21-23-10-8-14-32-19-23/h4-11,13-14,18-19,24H,12,15-17,20-21H2,1-3H3,(H,40,41)(H2,33,34,35,36,37)/t24-,30?/m0/s1. The number of pyridine rings is 2. The Balaban J connectivity index is 1.68. The van der Waals surface area contributed by atoms with Gasteiger partial charge in [0.25, 0.3) is 0 Å². The van der Waals surface area contributed by atoms with E-state index in [1.54, 1.807) is 58.1 Å².